The van der Waals surface area contributed by atoms with Crippen molar-refractivity contribution in [3.05, 3.63) is 42.5 Å². The maximum absolute atomic E-state index is 12.7. The number of amides is 1. The number of carbonyl (C=O) groups is 1. The Kier molecular flexibility index (Phi) is 2.72. The predicted octanol–water partition coefficient (Wildman–Crippen LogP) is 2.47. The van der Waals surface area contributed by atoms with E-state index in [0.717, 1.165) is 10.9 Å². The summed E-state index contributed by atoms with van der Waals surface area (Å²) in [4.78, 5) is 21.0. The first kappa shape index (κ1) is 9.80. The Hall–Kier alpha value is -2.77. The molecule has 1 fully saturated rings. The standard InChI is InChI=1S/C19H20N4O3/c1-13-20-11-17(26-13)14-2-3-15-10-21-18(9-16(15)8-14)22-19(24)12-23-4-6-25-7-5-23/h2-3,8-11H,4-7,12H2,1H3,(H,21,22,24)/i4D2,5D2,6D2,7D2. The number of fused-ring (bicyclic) bond motifs is 1. The molecular formula is C19H20N4O3. The van der Waals surface area contributed by atoms with Crippen LogP contribution in [-0.2, 0) is 9.53 Å². The zero-order chi connectivity index (χ0) is 25.1. The highest BCUT2D eigenvalue weighted by atomic mass is 16.5. The number of carbonyl (C=O) groups excluding carboxylic acids is 1. The lowest BCUT2D eigenvalue weighted by Gasteiger charge is -2.25. The number of pyridine rings is 1. The average molecular weight is 360 g/mol. The minimum absolute atomic E-state index is 0.0869. The lowest BCUT2D eigenvalue weighted by Crippen LogP contribution is -2.41. The van der Waals surface area contributed by atoms with E-state index in [0.29, 0.717) is 17.0 Å². The summed E-state index contributed by atoms with van der Waals surface area (Å²) in [5, 5.41) is 3.89. The number of aryl methyl sites for hydroxylation is 1. The zero-order valence-electron chi connectivity index (χ0n) is 21.7. The van der Waals surface area contributed by atoms with Crippen molar-refractivity contribution in [3.63, 3.8) is 0 Å². The molecule has 1 aliphatic heterocycles. The van der Waals surface area contributed by atoms with Gasteiger partial charge in [0, 0.05) is 42.5 Å². The molecular weight excluding hydrogens is 332 g/mol. The van der Waals surface area contributed by atoms with Gasteiger partial charge in [-0.05, 0) is 17.5 Å². The zero-order valence-corrected chi connectivity index (χ0v) is 13.7. The molecule has 134 valence electrons. The van der Waals surface area contributed by atoms with Gasteiger partial charge in [-0.3, -0.25) is 9.69 Å². The van der Waals surface area contributed by atoms with Crippen molar-refractivity contribution in [2.75, 3.05) is 38.0 Å². The second-order valence-electron chi connectivity index (χ2n) is 5.54. The Morgan fingerprint density at radius 1 is 1.23 bits per heavy atom. The molecule has 1 saturated heterocycles. The van der Waals surface area contributed by atoms with Crippen LogP contribution in [0, 0.1) is 6.92 Å². The molecule has 1 aliphatic rings. The SMILES string of the molecule is [2H]C1([2H])OC([2H])([2H])C([2H])([2H])N(CC(=O)Nc2cc3cc(-c4cnc(C)o4)ccc3cn2)C1([2H])[2H]. The third kappa shape index (κ3) is 3.74. The van der Waals surface area contributed by atoms with Crippen molar-refractivity contribution in [1.82, 2.24) is 14.9 Å². The molecule has 0 aliphatic carbocycles. The summed E-state index contributed by atoms with van der Waals surface area (Å²) in [5.41, 5.74) is 0.746. The van der Waals surface area contributed by atoms with Crippen molar-refractivity contribution in [2.45, 2.75) is 6.92 Å². The maximum atomic E-state index is 12.7. The fourth-order valence-electron chi connectivity index (χ4n) is 2.47. The highest BCUT2D eigenvalue weighted by molar-refractivity contribution is 5.94. The summed E-state index contributed by atoms with van der Waals surface area (Å²) in [7, 11) is 0. The number of ether oxygens (including phenoxy) is 1. The number of rotatable bonds is 4. The number of aromatic nitrogens is 2. The molecule has 0 atom stereocenters. The first-order chi connectivity index (χ1) is 15.6. The van der Waals surface area contributed by atoms with Gasteiger partial charge in [0.2, 0.25) is 5.91 Å². The van der Waals surface area contributed by atoms with Crippen molar-refractivity contribution >= 4 is 22.5 Å². The van der Waals surface area contributed by atoms with Crippen LogP contribution in [-0.4, -0.2) is 53.4 Å². The number of hydrogen-bond donors (Lipinski definition) is 1. The summed E-state index contributed by atoms with van der Waals surface area (Å²) in [5.74, 6) is 0.232. The van der Waals surface area contributed by atoms with Crippen LogP contribution in [0.15, 0.2) is 41.1 Å². The predicted molar refractivity (Wildman–Crippen MR) is 97.9 cm³/mol. The number of nitrogens with zero attached hydrogens (tertiary/aromatic N) is 3. The Morgan fingerprint density at radius 3 is 2.85 bits per heavy atom. The molecule has 1 amide bonds. The fourth-order valence-corrected chi connectivity index (χ4v) is 2.47. The van der Waals surface area contributed by atoms with Crippen molar-refractivity contribution in [2.24, 2.45) is 0 Å². The molecule has 7 heteroatoms. The third-order valence-electron chi connectivity index (χ3n) is 3.66. The van der Waals surface area contributed by atoms with Gasteiger partial charge in [-0.25, -0.2) is 9.97 Å². The molecule has 7 nitrogen and oxygen atoms in total. The molecule has 0 radical (unpaired) electrons. The van der Waals surface area contributed by atoms with Crippen LogP contribution in [0.4, 0.5) is 5.82 Å². The van der Waals surface area contributed by atoms with E-state index in [9.17, 15) is 4.79 Å². The van der Waals surface area contributed by atoms with E-state index in [-0.39, 0.29) is 10.7 Å². The monoisotopic (exact) mass is 360 g/mol. The Bertz CT molecular complexity index is 1240. The number of hydrogen-bond acceptors (Lipinski definition) is 6. The van der Waals surface area contributed by atoms with E-state index in [1.165, 1.54) is 6.20 Å². The average Bonchev–Trinajstić information content (AvgIpc) is 3.16. The van der Waals surface area contributed by atoms with E-state index >= 15 is 0 Å². The number of morpholine rings is 1. The number of nitrogens with one attached hydrogen (secondary N) is 1. The summed E-state index contributed by atoms with van der Waals surface area (Å²) in [6.45, 7) is -12.0. The highest BCUT2D eigenvalue weighted by Crippen LogP contribution is 2.26. The van der Waals surface area contributed by atoms with Crippen LogP contribution in [0.5, 0.6) is 0 Å². The van der Waals surface area contributed by atoms with E-state index in [4.69, 9.17) is 15.4 Å². The molecule has 0 unspecified atom stereocenters. The summed E-state index contributed by atoms with van der Waals surface area (Å²) in [6, 6.07) is 6.99. The first-order valence-corrected chi connectivity index (χ1v) is 7.74. The molecule has 0 saturated carbocycles. The molecule has 3 heterocycles. The number of anilines is 1. The quantitative estimate of drug-likeness (QED) is 0.770. The van der Waals surface area contributed by atoms with Crippen LogP contribution in [0.25, 0.3) is 22.1 Å². The summed E-state index contributed by atoms with van der Waals surface area (Å²) < 4.78 is 72.7. The van der Waals surface area contributed by atoms with Gasteiger partial charge in [-0.1, -0.05) is 12.1 Å². The Balaban J connectivity index is 1.58. The van der Waals surface area contributed by atoms with E-state index in [1.54, 1.807) is 25.3 Å². The van der Waals surface area contributed by atoms with Crippen LogP contribution in [0.1, 0.15) is 16.9 Å². The normalized spacial score (nSPS) is 27.6. The number of oxazole rings is 1. The van der Waals surface area contributed by atoms with Gasteiger partial charge in [0.25, 0.3) is 0 Å². The van der Waals surface area contributed by atoms with Gasteiger partial charge in [0.1, 0.15) is 5.82 Å². The first-order valence-electron chi connectivity index (χ1n) is 11.7. The van der Waals surface area contributed by atoms with Gasteiger partial charge in [0.05, 0.1) is 31.3 Å². The molecule has 3 aromatic rings. The Morgan fingerprint density at radius 2 is 2.08 bits per heavy atom. The lowest BCUT2D eigenvalue weighted by atomic mass is 10.1. The smallest absolute Gasteiger partial charge is 0.239 e. The lowest BCUT2D eigenvalue weighted by molar-refractivity contribution is -0.118. The van der Waals surface area contributed by atoms with Crippen LogP contribution >= 0.6 is 0 Å². The van der Waals surface area contributed by atoms with Gasteiger partial charge >= 0.3 is 0 Å². The second kappa shape index (κ2) is 7.23. The van der Waals surface area contributed by atoms with Crippen LogP contribution < -0.4 is 5.32 Å². The minimum Gasteiger partial charge on any atom is -0.441 e. The minimum atomic E-state index is -3.22. The van der Waals surface area contributed by atoms with Gasteiger partial charge in [0.15, 0.2) is 11.7 Å². The highest BCUT2D eigenvalue weighted by Gasteiger charge is 2.14. The molecule has 1 aromatic carbocycles. The molecule has 1 N–H and O–H groups in total. The van der Waals surface area contributed by atoms with Crippen molar-refractivity contribution < 1.29 is 24.9 Å². The van der Waals surface area contributed by atoms with Crippen LogP contribution in [0.3, 0.4) is 0 Å². The van der Waals surface area contributed by atoms with Crippen molar-refractivity contribution in [3.8, 4) is 11.3 Å². The van der Waals surface area contributed by atoms with Gasteiger partial charge in [-0.15, -0.1) is 0 Å². The number of benzene rings is 1. The fraction of sp³-hybridized carbons (Fsp3) is 0.316. The summed E-state index contributed by atoms with van der Waals surface area (Å²) >= 11 is 0. The van der Waals surface area contributed by atoms with Crippen molar-refractivity contribution in [1.29, 1.82) is 0 Å². The van der Waals surface area contributed by atoms with E-state index in [2.05, 4.69) is 20.0 Å². The van der Waals surface area contributed by atoms with E-state index < -0.39 is 38.6 Å². The molecule has 26 heavy (non-hydrogen) atoms. The molecule has 0 spiro atoms. The molecule has 0 bridgehead atoms. The Labute approximate surface area is 162 Å². The van der Waals surface area contributed by atoms with E-state index in [1.807, 2.05) is 12.1 Å². The molecule has 2 aromatic heterocycles. The second-order valence-corrected chi connectivity index (χ2v) is 5.54. The topological polar surface area (TPSA) is 80.5 Å². The molecule has 4 rings (SSSR count). The van der Waals surface area contributed by atoms with Gasteiger partial charge < -0.3 is 14.5 Å². The van der Waals surface area contributed by atoms with Gasteiger partial charge in [-0.2, -0.15) is 0 Å². The summed E-state index contributed by atoms with van der Waals surface area (Å²) in [6.07, 6.45) is 3.09. The maximum Gasteiger partial charge on any atom is 0.239 e. The largest absolute Gasteiger partial charge is 0.441 e. The third-order valence-corrected chi connectivity index (χ3v) is 3.66. The van der Waals surface area contributed by atoms with Crippen LogP contribution in [0.2, 0.25) is 0 Å².